The third kappa shape index (κ3) is 3.69. The first-order valence-electron chi connectivity index (χ1n) is 7.78. The summed E-state index contributed by atoms with van der Waals surface area (Å²) in [6.45, 7) is 5.12. The van der Waals surface area contributed by atoms with Crippen molar-refractivity contribution in [3.05, 3.63) is 56.6 Å². The third-order valence-corrected chi connectivity index (χ3v) is 4.72. The second kappa shape index (κ2) is 7.02. The molecule has 0 atom stereocenters. The highest BCUT2D eigenvalue weighted by Gasteiger charge is 2.20. The van der Waals surface area contributed by atoms with E-state index in [4.69, 9.17) is 4.52 Å². The maximum Gasteiger partial charge on any atom is 0.253 e. The van der Waals surface area contributed by atoms with E-state index < -0.39 is 0 Å². The molecule has 0 saturated carbocycles. The highest BCUT2D eigenvalue weighted by Crippen LogP contribution is 2.18. The molecule has 0 saturated heterocycles. The van der Waals surface area contributed by atoms with Crippen LogP contribution in [-0.2, 0) is 13.0 Å². The van der Waals surface area contributed by atoms with Gasteiger partial charge in [0.1, 0.15) is 0 Å². The number of H-pyrrole nitrogens is 1. The van der Waals surface area contributed by atoms with Gasteiger partial charge in [0.15, 0.2) is 11.6 Å². The maximum absolute atomic E-state index is 12.4. The van der Waals surface area contributed by atoms with Crippen molar-refractivity contribution in [2.24, 2.45) is 0 Å². The van der Waals surface area contributed by atoms with Gasteiger partial charge in [0.05, 0.1) is 17.8 Å². The summed E-state index contributed by atoms with van der Waals surface area (Å²) in [7, 11) is 0. The Kier molecular flexibility index (Phi) is 4.80. The van der Waals surface area contributed by atoms with Gasteiger partial charge in [0.25, 0.3) is 5.91 Å². The number of aryl methyl sites for hydroxylation is 1. The Labute approximate surface area is 148 Å². The van der Waals surface area contributed by atoms with Gasteiger partial charge in [-0.2, -0.15) is 4.98 Å². The lowest BCUT2D eigenvalue weighted by atomic mass is 10.1. The van der Waals surface area contributed by atoms with E-state index in [1.54, 1.807) is 25.2 Å². The zero-order valence-electron chi connectivity index (χ0n) is 14.2. The van der Waals surface area contributed by atoms with Crippen LogP contribution in [-0.4, -0.2) is 26.8 Å². The summed E-state index contributed by atoms with van der Waals surface area (Å²) in [5.41, 5.74) is 2.23. The molecule has 0 radical (unpaired) electrons. The van der Waals surface area contributed by atoms with Gasteiger partial charge in [-0.25, -0.2) is 0 Å². The van der Waals surface area contributed by atoms with Gasteiger partial charge in [-0.05, 0) is 30.9 Å². The van der Waals surface area contributed by atoms with Gasteiger partial charge < -0.3 is 14.8 Å². The average Bonchev–Trinajstić information content (AvgIpc) is 3.27. The van der Waals surface area contributed by atoms with Crippen LogP contribution < -0.4 is 5.32 Å². The first-order valence-corrected chi connectivity index (χ1v) is 8.65. The number of hydrogen-bond acceptors (Lipinski definition) is 6. The van der Waals surface area contributed by atoms with Crippen LogP contribution in [0.15, 0.2) is 22.0 Å². The number of thiophene rings is 1. The number of carbonyl (C=O) groups is 2. The standard InChI is InChI=1S/C17H18N4O3S/c1-9-15(10(2)19-16(9)11(3)22)17(23)18-8-14-20-13(21-24-14)7-12-5-4-6-25-12/h4-6,19H,7-8H2,1-3H3,(H,18,23). The molecule has 0 aliphatic carbocycles. The van der Waals surface area contributed by atoms with Crippen molar-refractivity contribution in [1.82, 2.24) is 20.4 Å². The summed E-state index contributed by atoms with van der Waals surface area (Å²) in [6.07, 6.45) is 0.604. The SMILES string of the molecule is CC(=O)c1[nH]c(C)c(C(=O)NCc2nc(Cc3cccs3)no2)c1C. The van der Waals surface area contributed by atoms with E-state index >= 15 is 0 Å². The number of aromatic amines is 1. The van der Waals surface area contributed by atoms with Crippen molar-refractivity contribution in [2.75, 3.05) is 0 Å². The Hall–Kier alpha value is -2.74. The van der Waals surface area contributed by atoms with Gasteiger partial charge >= 0.3 is 0 Å². The normalized spacial score (nSPS) is 10.8. The molecule has 0 unspecified atom stereocenters. The zero-order chi connectivity index (χ0) is 18.0. The lowest BCUT2D eigenvalue weighted by Crippen LogP contribution is -2.24. The Morgan fingerprint density at radius 3 is 2.80 bits per heavy atom. The van der Waals surface area contributed by atoms with E-state index in [-0.39, 0.29) is 18.2 Å². The van der Waals surface area contributed by atoms with Crippen molar-refractivity contribution in [2.45, 2.75) is 33.7 Å². The minimum Gasteiger partial charge on any atom is -0.355 e. The Morgan fingerprint density at radius 2 is 2.16 bits per heavy atom. The second-order valence-electron chi connectivity index (χ2n) is 5.72. The Morgan fingerprint density at radius 1 is 1.36 bits per heavy atom. The molecule has 0 aliphatic rings. The van der Waals surface area contributed by atoms with Crippen molar-refractivity contribution < 1.29 is 14.1 Å². The molecule has 1 amide bonds. The van der Waals surface area contributed by atoms with Crippen molar-refractivity contribution in [3.8, 4) is 0 Å². The van der Waals surface area contributed by atoms with Crippen molar-refractivity contribution in [3.63, 3.8) is 0 Å². The van der Waals surface area contributed by atoms with Crippen LogP contribution in [0.5, 0.6) is 0 Å². The Balaban J connectivity index is 1.65. The van der Waals surface area contributed by atoms with E-state index in [0.29, 0.717) is 40.7 Å². The molecule has 3 rings (SSSR count). The molecule has 0 aliphatic heterocycles. The molecular weight excluding hydrogens is 340 g/mol. The molecule has 130 valence electrons. The molecular formula is C17H18N4O3S. The van der Waals surface area contributed by atoms with Crippen molar-refractivity contribution >= 4 is 23.0 Å². The number of aromatic nitrogens is 3. The fraction of sp³-hybridized carbons (Fsp3) is 0.294. The summed E-state index contributed by atoms with van der Waals surface area (Å²) in [5, 5.41) is 8.67. The topological polar surface area (TPSA) is 101 Å². The maximum atomic E-state index is 12.4. The van der Waals surface area contributed by atoms with Crippen LogP contribution in [0.2, 0.25) is 0 Å². The Bertz CT molecular complexity index is 909. The van der Waals surface area contributed by atoms with Crippen LogP contribution in [0, 0.1) is 13.8 Å². The van der Waals surface area contributed by atoms with Gasteiger partial charge in [-0.3, -0.25) is 9.59 Å². The molecule has 8 heteroatoms. The molecule has 0 fully saturated rings. The molecule has 2 N–H and O–H groups in total. The number of nitrogens with zero attached hydrogens (tertiary/aromatic N) is 2. The second-order valence-corrected chi connectivity index (χ2v) is 6.76. The van der Waals surface area contributed by atoms with Crippen LogP contribution >= 0.6 is 11.3 Å². The van der Waals surface area contributed by atoms with Gasteiger partial charge in [0, 0.05) is 23.9 Å². The summed E-state index contributed by atoms with van der Waals surface area (Å²) in [4.78, 5) is 32.4. The summed E-state index contributed by atoms with van der Waals surface area (Å²) < 4.78 is 5.17. The van der Waals surface area contributed by atoms with E-state index in [2.05, 4.69) is 20.4 Å². The number of rotatable bonds is 6. The summed E-state index contributed by atoms with van der Waals surface area (Å²) in [6, 6.07) is 3.98. The van der Waals surface area contributed by atoms with Gasteiger partial charge in [-0.15, -0.1) is 11.3 Å². The van der Waals surface area contributed by atoms with E-state index in [1.165, 1.54) is 6.92 Å². The van der Waals surface area contributed by atoms with Crippen molar-refractivity contribution in [1.29, 1.82) is 0 Å². The van der Waals surface area contributed by atoms with Gasteiger partial charge in [-0.1, -0.05) is 11.2 Å². The zero-order valence-corrected chi connectivity index (χ0v) is 15.0. The average molecular weight is 358 g/mol. The molecule has 7 nitrogen and oxygen atoms in total. The van der Waals surface area contributed by atoms with E-state index in [1.807, 2.05) is 17.5 Å². The molecule has 3 aromatic heterocycles. The smallest absolute Gasteiger partial charge is 0.253 e. The first-order chi connectivity index (χ1) is 12.0. The lowest BCUT2D eigenvalue weighted by Gasteiger charge is -2.03. The van der Waals surface area contributed by atoms with Crippen LogP contribution in [0.3, 0.4) is 0 Å². The van der Waals surface area contributed by atoms with Crippen LogP contribution in [0.1, 0.15) is 55.6 Å². The highest BCUT2D eigenvalue weighted by molar-refractivity contribution is 7.09. The predicted molar refractivity (Wildman–Crippen MR) is 92.9 cm³/mol. The molecule has 0 aromatic carbocycles. The van der Waals surface area contributed by atoms with Gasteiger partial charge in [0.2, 0.25) is 5.89 Å². The molecule has 3 heterocycles. The first kappa shape index (κ1) is 17.1. The highest BCUT2D eigenvalue weighted by atomic mass is 32.1. The fourth-order valence-corrected chi connectivity index (χ4v) is 3.39. The quantitative estimate of drug-likeness (QED) is 0.660. The fourth-order valence-electron chi connectivity index (χ4n) is 2.69. The molecule has 25 heavy (non-hydrogen) atoms. The largest absolute Gasteiger partial charge is 0.355 e. The minimum absolute atomic E-state index is 0.102. The third-order valence-electron chi connectivity index (χ3n) is 3.84. The predicted octanol–water partition coefficient (Wildman–Crippen LogP) is 2.80. The minimum atomic E-state index is -0.281. The number of carbonyl (C=O) groups excluding carboxylic acids is 2. The molecule has 0 bridgehead atoms. The van der Waals surface area contributed by atoms with Crippen LogP contribution in [0.25, 0.3) is 0 Å². The van der Waals surface area contributed by atoms with E-state index in [0.717, 1.165) is 4.88 Å². The summed E-state index contributed by atoms with van der Waals surface area (Å²) >= 11 is 1.63. The number of Topliss-reactive ketones (excluding diaryl/α,β-unsaturated/α-hetero) is 1. The van der Waals surface area contributed by atoms with Crippen LogP contribution in [0.4, 0.5) is 0 Å². The molecule has 0 spiro atoms. The monoisotopic (exact) mass is 358 g/mol. The number of nitrogens with one attached hydrogen (secondary N) is 2. The van der Waals surface area contributed by atoms with E-state index in [9.17, 15) is 9.59 Å². The lowest BCUT2D eigenvalue weighted by molar-refractivity contribution is 0.0945. The number of ketones is 1. The summed E-state index contributed by atoms with van der Waals surface area (Å²) in [5.74, 6) is 0.545. The molecule has 3 aromatic rings. The number of amides is 1. The number of hydrogen-bond donors (Lipinski definition) is 2.